The summed E-state index contributed by atoms with van der Waals surface area (Å²) in [5, 5.41) is 3.33. The van der Waals surface area contributed by atoms with Crippen LogP contribution in [0.25, 0.3) is 11.0 Å². The second kappa shape index (κ2) is 5.19. The number of hydrogen-bond donors (Lipinski definition) is 3. The van der Waals surface area contributed by atoms with Gasteiger partial charge in [0, 0.05) is 24.8 Å². The molecule has 0 amide bonds. The van der Waals surface area contributed by atoms with Gasteiger partial charge in [0.05, 0.1) is 17.3 Å². The highest BCUT2D eigenvalue weighted by Gasteiger charge is 2.25. The molecule has 1 aromatic carbocycles. The van der Waals surface area contributed by atoms with E-state index in [0.717, 1.165) is 23.9 Å². The van der Waals surface area contributed by atoms with Crippen LogP contribution in [-0.4, -0.2) is 48.1 Å². The minimum Gasteiger partial charge on any atom is -0.399 e. The second-order valence-corrected chi connectivity index (χ2v) is 7.43. The number of nitrogens with two attached hydrogens (primary N) is 1. The SMILES string of the molecule is CS(=O)(=O)N1CCC(Nc2nc3ccc(N)cc3[nH]2)CC1. The maximum atomic E-state index is 11.5. The molecule has 4 N–H and O–H groups in total. The molecule has 2 heterocycles. The molecule has 3 rings (SSSR count). The molecule has 0 saturated carbocycles. The molecule has 21 heavy (non-hydrogen) atoms. The van der Waals surface area contributed by atoms with Crippen LogP contribution in [0.5, 0.6) is 0 Å². The van der Waals surface area contributed by atoms with E-state index >= 15 is 0 Å². The Morgan fingerprint density at radius 1 is 1.38 bits per heavy atom. The third-order valence-corrected chi connectivity index (χ3v) is 5.07. The summed E-state index contributed by atoms with van der Waals surface area (Å²) in [5.74, 6) is 0.702. The molecule has 0 atom stereocenters. The number of piperidine rings is 1. The lowest BCUT2D eigenvalue weighted by Crippen LogP contribution is -2.41. The molecule has 1 aliphatic rings. The summed E-state index contributed by atoms with van der Waals surface area (Å²) in [6, 6.07) is 5.76. The van der Waals surface area contributed by atoms with Gasteiger partial charge in [-0.3, -0.25) is 0 Å². The van der Waals surface area contributed by atoms with Crippen molar-refractivity contribution < 1.29 is 8.42 Å². The average Bonchev–Trinajstić information content (AvgIpc) is 2.79. The lowest BCUT2D eigenvalue weighted by atomic mass is 10.1. The Labute approximate surface area is 123 Å². The van der Waals surface area contributed by atoms with E-state index in [9.17, 15) is 8.42 Å². The minimum absolute atomic E-state index is 0.223. The maximum absolute atomic E-state index is 11.5. The van der Waals surface area contributed by atoms with Crippen molar-refractivity contribution >= 4 is 32.7 Å². The molecule has 0 aliphatic carbocycles. The van der Waals surface area contributed by atoms with Crippen molar-refractivity contribution in [2.24, 2.45) is 0 Å². The third kappa shape index (κ3) is 3.11. The first-order chi connectivity index (χ1) is 9.91. The zero-order valence-corrected chi connectivity index (χ0v) is 12.7. The highest BCUT2D eigenvalue weighted by Crippen LogP contribution is 2.20. The highest BCUT2D eigenvalue weighted by atomic mass is 32.2. The summed E-state index contributed by atoms with van der Waals surface area (Å²) in [6.07, 6.45) is 2.79. The number of nitrogens with one attached hydrogen (secondary N) is 2. The molecule has 8 heteroatoms. The molecular weight excluding hydrogens is 290 g/mol. The van der Waals surface area contributed by atoms with Crippen molar-refractivity contribution in [1.29, 1.82) is 0 Å². The van der Waals surface area contributed by atoms with Crippen molar-refractivity contribution in [3.8, 4) is 0 Å². The van der Waals surface area contributed by atoms with Gasteiger partial charge in [-0.2, -0.15) is 0 Å². The smallest absolute Gasteiger partial charge is 0.211 e. The summed E-state index contributed by atoms with van der Waals surface area (Å²) in [7, 11) is -3.08. The largest absolute Gasteiger partial charge is 0.399 e. The van der Waals surface area contributed by atoms with Gasteiger partial charge in [-0.05, 0) is 31.0 Å². The quantitative estimate of drug-likeness (QED) is 0.733. The van der Waals surface area contributed by atoms with E-state index in [0.29, 0.717) is 24.7 Å². The van der Waals surface area contributed by atoms with E-state index < -0.39 is 10.0 Å². The number of H-pyrrole nitrogens is 1. The number of aromatic nitrogens is 2. The van der Waals surface area contributed by atoms with Gasteiger partial charge in [-0.25, -0.2) is 17.7 Å². The molecule has 7 nitrogen and oxygen atoms in total. The molecule has 0 bridgehead atoms. The van der Waals surface area contributed by atoms with Gasteiger partial charge >= 0.3 is 0 Å². The number of hydrogen-bond acceptors (Lipinski definition) is 5. The standard InChI is InChI=1S/C13H19N5O2S/c1-21(19,20)18-6-4-10(5-7-18)15-13-16-11-3-2-9(14)8-12(11)17-13/h2-3,8,10H,4-7,14H2,1H3,(H2,15,16,17). The number of fused-ring (bicyclic) bond motifs is 1. The number of imidazole rings is 1. The van der Waals surface area contributed by atoms with Crippen LogP contribution in [0.15, 0.2) is 18.2 Å². The van der Waals surface area contributed by atoms with E-state index in [1.54, 1.807) is 0 Å². The molecule has 114 valence electrons. The van der Waals surface area contributed by atoms with Crippen molar-refractivity contribution in [2.75, 3.05) is 30.4 Å². The number of nitrogen functional groups attached to an aromatic ring is 1. The number of sulfonamides is 1. The molecule has 1 aliphatic heterocycles. The van der Waals surface area contributed by atoms with Crippen LogP contribution in [-0.2, 0) is 10.0 Å². The van der Waals surface area contributed by atoms with Crippen LogP contribution in [0.2, 0.25) is 0 Å². The van der Waals surface area contributed by atoms with Crippen LogP contribution < -0.4 is 11.1 Å². The van der Waals surface area contributed by atoms with Gasteiger partial charge in [-0.15, -0.1) is 0 Å². The van der Waals surface area contributed by atoms with Gasteiger partial charge < -0.3 is 16.0 Å². The van der Waals surface area contributed by atoms with Crippen LogP contribution in [0, 0.1) is 0 Å². The fourth-order valence-corrected chi connectivity index (χ4v) is 3.49. The van der Waals surface area contributed by atoms with E-state index in [1.807, 2.05) is 18.2 Å². The highest BCUT2D eigenvalue weighted by molar-refractivity contribution is 7.88. The fourth-order valence-electron chi connectivity index (χ4n) is 2.62. The minimum atomic E-state index is -3.08. The van der Waals surface area contributed by atoms with Crippen LogP contribution in [0.3, 0.4) is 0 Å². The lowest BCUT2D eigenvalue weighted by Gasteiger charge is -2.30. The van der Waals surface area contributed by atoms with Crippen molar-refractivity contribution in [3.63, 3.8) is 0 Å². The molecule has 0 radical (unpaired) electrons. The Kier molecular flexibility index (Phi) is 3.50. The Morgan fingerprint density at radius 2 is 2.10 bits per heavy atom. The fraction of sp³-hybridized carbons (Fsp3) is 0.462. The monoisotopic (exact) mass is 309 g/mol. The summed E-state index contributed by atoms with van der Waals surface area (Å²) >= 11 is 0. The van der Waals surface area contributed by atoms with Gasteiger partial charge in [0.2, 0.25) is 16.0 Å². The second-order valence-electron chi connectivity index (χ2n) is 5.44. The molecule has 1 saturated heterocycles. The topological polar surface area (TPSA) is 104 Å². The Balaban J connectivity index is 1.67. The van der Waals surface area contributed by atoms with Gasteiger partial charge in [0.25, 0.3) is 0 Å². The predicted octanol–water partition coefficient (Wildman–Crippen LogP) is 0.981. The third-order valence-electron chi connectivity index (χ3n) is 3.77. The number of rotatable bonds is 3. The lowest BCUT2D eigenvalue weighted by molar-refractivity contribution is 0.331. The first-order valence-electron chi connectivity index (χ1n) is 6.89. The Morgan fingerprint density at radius 3 is 2.76 bits per heavy atom. The zero-order chi connectivity index (χ0) is 15.0. The van der Waals surface area contributed by atoms with Gasteiger partial charge in [-0.1, -0.05) is 0 Å². The molecule has 0 spiro atoms. The van der Waals surface area contributed by atoms with E-state index in [4.69, 9.17) is 5.73 Å². The summed E-state index contributed by atoms with van der Waals surface area (Å²) in [6.45, 7) is 1.09. The van der Waals surface area contributed by atoms with Crippen LogP contribution >= 0.6 is 0 Å². The van der Waals surface area contributed by atoms with Gasteiger partial charge in [0.15, 0.2) is 0 Å². The summed E-state index contributed by atoms with van der Waals surface area (Å²) < 4.78 is 24.5. The first kappa shape index (κ1) is 14.2. The molecule has 1 fully saturated rings. The van der Waals surface area contributed by atoms with Crippen LogP contribution in [0.1, 0.15) is 12.8 Å². The van der Waals surface area contributed by atoms with Crippen molar-refractivity contribution in [3.05, 3.63) is 18.2 Å². The number of aromatic amines is 1. The predicted molar refractivity (Wildman–Crippen MR) is 83.6 cm³/mol. The van der Waals surface area contributed by atoms with E-state index in [1.165, 1.54) is 10.6 Å². The van der Waals surface area contributed by atoms with Crippen LogP contribution in [0.4, 0.5) is 11.6 Å². The normalized spacial score (nSPS) is 18.1. The van der Waals surface area contributed by atoms with Crippen molar-refractivity contribution in [1.82, 2.24) is 14.3 Å². The molecule has 2 aromatic rings. The Bertz CT molecular complexity index is 747. The molecule has 0 unspecified atom stereocenters. The number of benzene rings is 1. The average molecular weight is 309 g/mol. The Hall–Kier alpha value is -1.80. The summed E-state index contributed by atoms with van der Waals surface area (Å²) in [5.41, 5.74) is 8.19. The summed E-state index contributed by atoms with van der Waals surface area (Å²) in [4.78, 5) is 7.65. The van der Waals surface area contributed by atoms with E-state index in [-0.39, 0.29) is 6.04 Å². The van der Waals surface area contributed by atoms with E-state index in [2.05, 4.69) is 15.3 Å². The van der Waals surface area contributed by atoms with Crippen molar-refractivity contribution in [2.45, 2.75) is 18.9 Å². The number of nitrogens with zero attached hydrogens (tertiary/aromatic N) is 2. The number of anilines is 2. The maximum Gasteiger partial charge on any atom is 0.211 e. The van der Waals surface area contributed by atoms with Gasteiger partial charge in [0.1, 0.15) is 0 Å². The molecular formula is C13H19N5O2S. The first-order valence-corrected chi connectivity index (χ1v) is 8.73. The zero-order valence-electron chi connectivity index (χ0n) is 11.8. The molecule has 1 aromatic heterocycles.